The van der Waals surface area contributed by atoms with E-state index in [0.29, 0.717) is 18.5 Å². The van der Waals surface area contributed by atoms with Crippen molar-refractivity contribution >= 4 is 52.2 Å². The third-order valence-electron chi connectivity index (χ3n) is 8.10. The number of amides is 5. The third kappa shape index (κ3) is 12.0. The summed E-state index contributed by atoms with van der Waals surface area (Å²) in [6.07, 6.45) is 3.78. The van der Waals surface area contributed by atoms with Crippen molar-refractivity contribution in [1.29, 1.82) is 0 Å². The zero-order valence-corrected chi connectivity index (χ0v) is 28.1. The first kappa shape index (κ1) is 37.6. The maximum absolute atomic E-state index is 13.9. The molecule has 18 nitrogen and oxygen atoms in total. The highest BCUT2D eigenvalue weighted by Crippen LogP contribution is 2.17. The van der Waals surface area contributed by atoms with Gasteiger partial charge in [-0.3, -0.25) is 34.0 Å². The number of hydrogen-bond acceptors (Lipinski definition) is 8. The van der Waals surface area contributed by atoms with Gasteiger partial charge >= 0.3 is 0 Å². The second kappa shape index (κ2) is 18.5. The van der Waals surface area contributed by atoms with Gasteiger partial charge in [0.1, 0.15) is 24.2 Å². The molecule has 0 aliphatic carbocycles. The fourth-order valence-corrected chi connectivity index (χ4v) is 5.53. The van der Waals surface area contributed by atoms with E-state index in [0.717, 1.165) is 16.3 Å². The van der Waals surface area contributed by atoms with E-state index in [1.807, 2.05) is 42.5 Å². The third-order valence-corrected chi connectivity index (χ3v) is 8.10. The number of carbonyl (C=O) groups is 5. The number of fused-ring (bicyclic) bond motifs is 1. The molecule has 4 atom stereocenters. The Labute approximate surface area is 294 Å². The number of imidazole rings is 1. The smallest absolute Gasteiger partial charge is 0.243 e. The molecule has 272 valence electrons. The normalized spacial score (nSPS) is 20.4. The monoisotopic (exact) mass is 703 g/mol. The summed E-state index contributed by atoms with van der Waals surface area (Å²) >= 11 is 0. The summed E-state index contributed by atoms with van der Waals surface area (Å²) in [5, 5.41) is 15.4. The number of hydrogen-bond donors (Lipinski definition) is 10. The van der Waals surface area contributed by atoms with Gasteiger partial charge in [-0.2, -0.15) is 0 Å². The van der Waals surface area contributed by atoms with Crippen LogP contribution in [-0.4, -0.2) is 95.2 Å². The molecule has 51 heavy (non-hydrogen) atoms. The molecule has 1 aromatic heterocycles. The Hall–Kier alpha value is -6.20. The standard InChI is InChI=1S/C33H45N13O5/c34-32(35)39-11-3-7-23-29(49)44-24(8-4-12-40-33(36)37)30(50)46-25(14-19-9-10-20-5-1-2-6-21(20)13-19)28(48)41-17-27(47)43-26(31(51)45-23)15-22-16-38-18-42-22/h1-2,5-6,9-10,13,16,18,23-26H,3-4,7-8,11-12,14-15,17H2,(H,38,42)(H,41,48)(H,43,47)(H,44,49)(H,45,51)(H,46,50)(H4,34,35,39)(H4,36,37,40)/t23-,24-,25-,26+/m0/s1. The lowest BCUT2D eigenvalue weighted by Gasteiger charge is -2.26. The second-order valence-electron chi connectivity index (χ2n) is 12.1. The Morgan fingerprint density at radius 2 is 1.25 bits per heavy atom. The molecule has 2 heterocycles. The Bertz CT molecular complexity index is 1740. The molecule has 0 radical (unpaired) electrons. The lowest BCUT2D eigenvalue weighted by Crippen LogP contribution is -2.58. The molecule has 4 rings (SSSR count). The summed E-state index contributed by atoms with van der Waals surface area (Å²) in [6, 6.07) is 8.78. The predicted molar refractivity (Wildman–Crippen MR) is 190 cm³/mol. The average molecular weight is 704 g/mol. The van der Waals surface area contributed by atoms with Gasteiger partial charge in [0.15, 0.2) is 11.9 Å². The van der Waals surface area contributed by atoms with Crippen LogP contribution in [0.15, 0.2) is 65.0 Å². The van der Waals surface area contributed by atoms with Crippen LogP contribution in [-0.2, 0) is 36.8 Å². The van der Waals surface area contributed by atoms with E-state index in [9.17, 15) is 24.0 Å². The number of guanidine groups is 2. The van der Waals surface area contributed by atoms with Crippen molar-refractivity contribution < 1.29 is 24.0 Å². The van der Waals surface area contributed by atoms with Gasteiger partial charge < -0.3 is 54.5 Å². The molecule has 1 saturated heterocycles. The molecule has 0 bridgehead atoms. The van der Waals surface area contributed by atoms with E-state index in [2.05, 4.69) is 46.5 Å². The molecular formula is C33H45N13O5. The fourth-order valence-electron chi connectivity index (χ4n) is 5.53. The fraction of sp³-hybridized carbons (Fsp3) is 0.394. The number of aliphatic imine (C=N–C) groups is 2. The molecule has 0 unspecified atom stereocenters. The van der Waals surface area contributed by atoms with Gasteiger partial charge in [-0.15, -0.1) is 0 Å². The summed E-state index contributed by atoms with van der Waals surface area (Å²) in [5.41, 5.74) is 23.1. The van der Waals surface area contributed by atoms with Crippen molar-refractivity contribution in [1.82, 2.24) is 36.6 Å². The SMILES string of the molecule is NC(N)=NCCC[C@@H]1NC(=O)[C@H](CCCN=C(N)N)NC(=O)[C@@H](Cc2cnc[nH]2)NC(=O)CNC(=O)[C@H](Cc2ccc3ccccc3c2)NC1=O. The van der Waals surface area contributed by atoms with E-state index in [1.165, 1.54) is 12.5 Å². The Kier molecular flexibility index (Phi) is 13.7. The topological polar surface area (TPSA) is 303 Å². The van der Waals surface area contributed by atoms with Crippen molar-refractivity contribution in [2.45, 2.75) is 62.7 Å². The number of nitrogens with two attached hydrogens (primary N) is 4. The largest absolute Gasteiger partial charge is 0.370 e. The van der Waals surface area contributed by atoms with Gasteiger partial charge in [-0.25, -0.2) is 4.98 Å². The first-order chi connectivity index (χ1) is 24.5. The van der Waals surface area contributed by atoms with Gasteiger partial charge in [0.25, 0.3) is 0 Å². The Morgan fingerprint density at radius 1 is 0.686 bits per heavy atom. The van der Waals surface area contributed by atoms with Crippen LogP contribution in [0, 0.1) is 0 Å². The van der Waals surface area contributed by atoms with Crippen LogP contribution in [0.3, 0.4) is 0 Å². The highest BCUT2D eigenvalue weighted by atomic mass is 16.2. The molecule has 3 aromatic rings. The lowest BCUT2D eigenvalue weighted by atomic mass is 10.0. The summed E-state index contributed by atoms with van der Waals surface area (Å²) in [7, 11) is 0. The minimum atomic E-state index is -1.16. The minimum Gasteiger partial charge on any atom is -0.370 e. The van der Waals surface area contributed by atoms with Crippen LogP contribution in [0.2, 0.25) is 0 Å². The number of H-pyrrole nitrogens is 1. The minimum absolute atomic E-state index is 0.00586. The molecule has 0 spiro atoms. The number of nitrogens with zero attached hydrogens (tertiary/aromatic N) is 3. The van der Waals surface area contributed by atoms with Gasteiger partial charge in [-0.05, 0) is 42.0 Å². The van der Waals surface area contributed by atoms with Gasteiger partial charge in [0, 0.05) is 37.8 Å². The van der Waals surface area contributed by atoms with E-state index in [1.54, 1.807) is 0 Å². The van der Waals surface area contributed by atoms with Crippen molar-refractivity contribution in [2.24, 2.45) is 32.9 Å². The van der Waals surface area contributed by atoms with E-state index in [4.69, 9.17) is 22.9 Å². The molecule has 1 aliphatic heterocycles. The quantitative estimate of drug-likeness (QED) is 0.0538. The number of benzene rings is 2. The molecule has 1 aliphatic rings. The van der Waals surface area contributed by atoms with Crippen molar-refractivity contribution in [3.05, 3.63) is 66.2 Å². The molecule has 14 N–H and O–H groups in total. The Balaban J connectivity index is 1.66. The summed E-state index contributed by atoms with van der Waals surface area (Å²) in [5.74, 6) is -3.58. The number of carbonyl (C=O) groups excluding carboxylic acids is 5. The number of aromatic amines is 1. The van der Waals surface area contributed by atoms with Crippen LogP contribution < -0.4 is 49.5 Å². The maximum Gasteiger partial charge on any atom is 0.243 e. The Morgan fingerprint density at radius 3 is 1.84 bits per heavy atom. The van der Waals surface area contributed by atoms with Crippen LogP contribution in [0.25, 0.3) is 10.8 Å². The van der Waals surface area contributed by atoms with E-state index < -0.39 is 60.2 Å². The average Bonchev–Trinajstić information content (AvgIpc) is 3.61. The van der Waals surface area contributed by atoms with Crippen LogP contribution in [0.1, 0.15) is 36.9 Å². The molecular weight excluding hydrogens is 658 g/mol. The van der Waals surface area contributed by atoms with Crippen LogP contribution in [0.5, 0.6) is 0 Å². The van der Waals surface area contributed by atoms with Gasteiger partial charge in [-0.1, -0.05) is 42.5 Å². The number of rotatable bonds is 12. The first-order valence-electron chi connectivity index (χ1n) is 16.5. The predicted octanol–water partition coefficient (Wildman–Crippen LogP) is -2.48. The molecule has 2 aromatic carbocycles. The van der Waals surface area contributed by atoms with E-state index in [-0.39, 0.29) is 50.7 Å². The molecule has 1 fully saturated rings. The van der Waals surface area contributed by atoms with Crippen LogP contribution >= 0.6 is 0 Å². The van der Waals surface area contributed by atoms with Crippen molar-refractivity contribution in [3.63, 3.8) is 0 Å². The summed E-state index contributed by atoms with van der Waals surface area (Å²) in [4.78, 5) is 82.8. The van der Waals surface area contributed by atoms with E-state index >= 15 is 0 Å². The van der Waals surface area contributed by atoms with Crippen LogP contribution in [0.4, 0.5) is 0 Å². The highest BCUT2D eigenvalue weighted by Gasteiger charge is 2.32. The zero-order valence-electron chi connectivity index (χ0n) is 28.1. The van der Waals surface area contributed by atoms with Gasteiger partial charge in [0.05, 0.1) is 12.9 Å². The number of aromatic nitrogens is 2. The summed E-state index contributed by atoms with van der Waals surface area (Å²) in [6.45, 7) is -0.148. The lowest BCUT2D eigenvalue weighted by molar-refractivity contribution is -0.134. The number of nitrogens with one attached hydrogen (secondary N) is 6. The zero-order chi connectivity index (χ0) is 36.8. The first-order valence-corrected chi connectivity index (χ1v) is 16.5. The van der Waals surface area contributed by atoms with Gasteiger partial charge in [0.2, 0.25) is 29.5 Å². The highest BCUT2D eigenvalue weighted by molar-refractivity contribution is 5.97. The second-order valence-corrected chi connectivity index (χ2v) is 12.1. The van der Waals surface area contributed by atoms with Crippen molar-refractivity contribution in [2.75, 3.05) is 19.6 Å². The molecule has 0 saturated carbocycles. The molecule has 18 heteroatoms. The molecule has 5 amide bonds. The van der Waals surface area contributed by atoms with Crippen molar-refractivity contribution in [3.8, 4) is 0 Å². The maximum atomic E-state index is 13.9. The summed E-state index contributed by atoms with van der Waals surface area (Å²) < 4.78 is 0.